The van der Waals surface area contributed by atoms with E-state index >= 15 is 0 Å². The number of H-pyrrole nitrogens is 1. The molecule has 3 rings (SSSR count). The number of rotatable bonds is 4. The van der Waals surface area contributed by atoms with Crippen LogP contribution in [0, 0.1) is 6.92 Å². The van der Waals surface area contributed by atoms with Crippen LogP contribution in [0.1, 0.15) is 11.4 Å². The van der Waals surface area contributed by atoms with Crippen LogP contribution in [0.4, 0.5) is 0 Å². The molecule has 0 radical (unpaired) electrons. The van der Waals surface area contributed by atoms with Crippen molar-refractivity contribution >= 4 is 11.6 Å². The lowest BCUT2D eigenvalue weighted by Crippen LogP contribution is -2.11. The normalized spacial score (nSPS) is 10.7. The van der Waals surface area contributed by atoms with Crippen molar-refractivity contribution in [1.82, 2.24) is 19.7 Å². The van der Waals surface area contributed by atoms with Gasteiger partial charge in [0.2, 0.25) is 0 Å². The Morgan fingerprint density at radius 2 is 2.04 bits per heavy atom. The Kier molecular flexibility index (Phi) is 4.16. The van der Waals surface area contributed by atoms with E-state index in [2.05, 4.69) is 15.1 Å². The van der Waals surface area contributed by atoms with E-state index in [0.717, 1.165) is 11.3 Å². The van der Waals surface area contributed by atoms with E-state index in [1.165, 1.54) is 0 Å². The standard InChI is InChI=1S/C16H15ClN4O2/c1-10-19-15(14(17)16(22)20-10)12-7-18-21(9-12)8-11-3-5-13(23-2)6-4-11/h3-7,9H,8H2,1-2H3,(H,19,20,22). The number of aryl methyl sites for hydroxylation is 1. The molecule has 0 amide bonds. The number of aromatic amines is 1. The minimum absolute atomic E-state index is 0.0691. The van der Waals surface area contributed by atoms with Crippen LogP contribution in [0.5, 0.6) is 5.75 Å². The highest BCUT2D eigenvalue weighted by atomic mass is 35.5. The Labute approximate surface area is 137 Å². The molecule has 0 saturated carbocycles. The molecule has 1 N–H and O–H groups in total. The van der Waals surface area contributed by atoms with Gasteiger partial charge in [0.25, 0.3) is 5.56 Å². The maximum Gasteiger partial charge on any atom is 0.270 e. The predicted octanol–water partition coefficient (Wildman–Crippen LogP) is 2.65. The third kappa shape index (κ3) is 3.27. The first kappa shape index (κ1) is 15.3. The van der Waals surface area contributed by atoms with Gasteiger partial charge in [0.05, 0.1) is 25.5 Å². The van der Waals surface area contributed by atoms with Crippen LogP contribution in [0.25, 0.3) is 11.3 Å². The third-order valence-corrected chi connectivity index (χ3v) is 3.74. The fourth-order valence-corrected chi connectivity index (χ4v) is 2.45. The molecule has 0 aliphatic carbocycles. The van der Waals surface area contributed by atoms with Gasteiger partial charge in [-0.1, -0.05) is 23.7 Å². The Morgan fingerprint density at radius 3 is 2.74 bits per heavy atom. The van der Waals surface area contributed by atoms with Gasteiger partial charge in [-0.25, -0.2) is 4.98 Å². The van der Waals surface area contributed by atoms with E-state index < -0.39 is 0 Å². The van der Waals surface area contributed by atoms with Gasteiger partial charge in [-0.3, -0.25) is 9.48 Å². The van der Waals surface area contributed by atoms with Crippen molar-refractivity contribution in [2.45, 2.75) is 13.5 Å². The quantitative estimate of drug-likeness (QED) is 0.798. The average molecular weight is 331 g/mol. The number of nitrogens with one attached hydrogen (secondary N) is 1. The van der Waals surface area contributed by atoms with Gasteiger partial charge in [-0.2, -0.15) is 5.10 Å². The van der Waals surface area contributed by atoms with Crippen molar-refractivity contribution in [3.05, 3.63) is 63.4 Å². The molecule has 0 atom stereocenters. The molecule has 0 aliphatic heterocycles. The molecule has 118 valence electrons. The van der Waals surface area contributed by atoms with Crippen molar-refractivity contribution in [3.63, 3.8) is 0 Å². The molecule has 6 nitrogen and oxygen atoms in total. The number of ether oxygens (including phenoxy) is 1. The summed E-state index contributed by atoms with van der Waals surface area (Å²) >= 11 is 6.05. The first-order valence-electron chi connectivity index (χ1n) is 6.99. The molecule has 0 fully saturated rings. The summed E-state index contributed by atoms with van der Waals surface area (Å²) in [7, 11) is 1.63. The SMILES string of the molecule is COc1ccc(Cn2cc(-c3nc(C)[nH]c(=O)c3Cl)cn2)cc1. The minimum Gasteiger partial charge on any atom is -0.497 e. The van der Waals surface area contributed by atoms with Gasteiger partial charge < -0.3 is 9.72 Å². The van der Waals surface area contributed by atoms with Gasteiger partial charge >= 0.3 is 0 Å². The van der Waals surface area contributed by atoms with Gasteiger partial charge in [-0.15, -0.1) is 0 Å². The van der Waals surface area contributed by atoms with Gasteiger partial charge in [0.1, 0.15) is 16.6 Å². The van der Waals surface area contributed by atoms with E-state index in [4.69, 9.17) is 16.3 Å². The van der Waals surface area contributed by atoms with Gasteiger partial charge in [0, 0.05) is 11.8 Å². The van der Waals surface area contributed by atoms with Crippen LogP contribution < -0.4 is 10.3 Å². The molecule has 0 spiro atoms. The van der Waals surface area contributed by atoms with E-state index in [9.17, 15) is 4.79 Å². The summed E-state index contributed by atoms with van der Waals surface area (Å²) in [5, 5.41) is 4.37. The Hall–Kier alpha value is -2.60. The van der Waals surface area contributed by atoms with Crippen LogP contribution in [0.15, 0.2) is 41.5 Å². The second kappa shape index (κ2) is 6.26. The van der Waals surface area contributed by atoms with E-state index in [1.807, 2.05) is 30.5 Å². The van der Waals surface area contributed by atoms with Crippen molar-refractivity contribution < 1.29 is 4.74 Å². The number of benzene rings is 1. The molecule has 23 heavy (non-hydrogen) atoms. The van der Waals surface area contributed by atoms with Crippen LogP contribution >= 0.6 is 11.6 Å². The Balaban J connectivity index is 1.87. The number of methoxy groups -OCH3 is 1. The zero-order valence-electron chi connectivity index (χ0n) is 12.7. The van der Waals surface area contributed by atoms with Crippen molar-refractivity contribution in [3.8, 4) is 17.0 Å². The largest absolute Gasteiger partial charge is 0.497 e. The molecule has 0 unspecified atom stereocenters. The zero-order valence-corrected chi connectivity index (χ0v) is 13.5. The summed E-state index contributed by atoms with van der Waals surface area (Å²) in [6, 6.07) is 7.75. The highest BCUT2D eigenvalue weighted by molar-refractivity contribution is 6.32. The first-order chi connectivity index (χ1) is 11.1. The highest BCUT2D eigenvalue weighted by Gasteiger charge is 2.12. The van der Waals surface area contributed by atoms with E-state index in [1.54, 1.807) is 24.9 Å². The summed E-state index contributed by atoms with van der Waals surface area (Å²) in [5.74, 6) is 1.32. The van der Waals surface area contributed by atoms with Crippen LogP contribution in [-0.4, -0.2) is 26.9 Å². The summed E-state index contributed by atoms with van der Waals surface area (Å²) in [4.78, 5) is 18.6. The fraction of sp³-hybridized carbons (Fsp3) is 0.188. The third-order valence-electron chi connectivity index (χ3n) is 3.39. The maximum absolute atomic E-state index is 11.7. The molecule has 0 bridgehead atoms. The van der Waals surface area contributed by atoms with Crippen molar-refractivity contribution in [2.24, 2.45) is 0 Å². The predicted molar refractivity (Wildman–Crippen MR) is 87.9 cm³/mol. The van der Waals surface area contributed by atoms with Crippen LogP contribution in [0.2, 0.25) is 5.02 Å². The first-order valence-corrected chi connectivity index (χ1v) is 7.37. The summed E-state index contributed by atoms with van der Waals surface area (Å²) in [6.45, 7) is 2.31. The molecule has 0 saturated heterocycles. The van der Waals surface area contributed by atoms with E-state index in [0.29, 0.717) is 23.6 Å². The lowest BCUT2D eigenvalue weighted by atomic mass is 10.2. The number of halogens is 1. The van der Waals surface area contributed by atoms with Crippen LogP contribution in [0.3, 0.4) is 0 Å². The minimum atomic E-state index is -0.350. The Bertz CT molecular complexity index is 884. The zero-order chi connectivity index (χ0) is 16.4. The van der Waals surface area contributed by atoms with E-state index in [-0.39, 0.29) is 10.6 Å². The Morgan fingerprint density at radius 1 is 1.30 bits per heavy atom. The second-order valence-electron chi connectivity index (χ2n) is 5.09. The molecule has 7 heteroatoms. The molecule has 2 heterocycles. The number of hydrogen-bond acceptors (Lipinski definition) is 4. The van der Waals surface area contributed by atoms with Crippen LogP contribution in [-0.2, 0) is 6.54 Å². The second-order valence-corrected chi connectivity index (χ2v) is 5.47. The topological polar surface area (TPSA) is 72.8 Å². The molecule has 1 aromatic carbocycles. The maximum atomic E-state index is 11.7. The summed E-state index contributed by atoms with van der Waals surface area (Å²) in [5.41, 5.74) is 1.88. The lowest BCUT2D eigenvalue weighted by Gasteiger charge is -2.04. The monoisotopic (exact) mass is 330 g/mol. The average Bonchev–Trinajstić information content (AvgIpc) is 3.00. The molecular weight excluding hydrogens is 316 g/mol. The summed E-state index contributed by atoms with van der Waals surface area (Å²) < 4.78 is 6.91. The molecular formula is C16H15ClN4O2. The smallest absolute Gasteiger partial charge is 0.270 e. The summed E-state index contributed by atoms with van der Waals surface area (Å²) in [6.07, 6.45) is 3.47. The van der Waals surface area contributed by atoms with Crippen molar-refractivity contribution in [2.75, 3.05) is 7.11 Å². The van der Waals surface area contributed by atoms with Crippen molar-refractivity contribution in [1.29, 1.82) is 0 Å². The number of nitrogens with zero attached hydrogens (tertiary/aromatic N) is 3. The molecule has 2 aromatic heterocycles. The number of aromatic nitrogens is 4. The highest BCUT2D eigenvalue weighted by Crippen LogP contribution is 2.22. The lowest BCUT2D eigenvalue weighted by molar-refractivity contribution is 0.414. The van der Waals surface area contributed by atoms with Gasteiger partial charge in [0.15, 0.2) is 0 Å². The number of hydrogen-bond donors (Lipinski definition) is 1. The molecule has 0 aliphatic rings. The fourth-order valence-electron chi connectivity index (χ4n) is 2.25. The van der Waals surface area contributed by atoms with Gasteiger partial charge in [-0.05, 0) is 24.6 Å². The molecule has 3 aromatic rings.